The number of para-hydroxylation sites is 1. The van der Waals surface area contributed by atoms with E-state index < -0.39 is 56.0 Å². The smallest absolute Gasteiger partial charge is 0.337 e. The summed E-state index contributed by atoms with van der Waals surface area (Å²) in [6.45, 7) is -0.579. The van der Waals surface area contributed by atoms with E-state index >= 15 is 0 Å². The fourth-order valence-corrected chi connectivity index (χ4v) is 4.18. The quantitative estimate of drug-likeness (QED) is 0.480. The van der Waals surface area contributed by atoms with E-state index in [0.29, 0.717) is 4.31 Å². The first kappa shape index (κ1) is 21.1. The minimum absolute atomic E-state index is 0.155. The predicted octanol–water partition coefficient (Wildman–Crippen LogP) is 2.62. The molecule has 2 rings (SSSR count). The SMILES string of the molecule is O=C(O)CCN(c1ccc(Cl)c(C(=O)O)c1)S(=O)(=O)c1ccccc1[N+](=O)[O-]. The van der Waals surface area contributed by atoms with E-state index in [1.54, 1.807) is 0 Å². The summed E-state index contributed by atoms with van der Waals surface area (Å²) in [6, 6.07) is 7.84. The number of hydrogen-bond donors (Lipinski definition) is 2. The molecule has 148 valence electrons. The molecule has 0 fully saturated rings. The van der Waals surface area contributed by atoms with E-state index in [-0.39, 0.29) is 10.7 Å². The zero-order valence-electron chi connectivity index (χ0n) is 14.0. The molecule has 0 radical (unpaired) electrons. The van der Waals surface area contributed by atoms with Crippen molar-refractivity contribution in [2.45, 2.75) is 11.3 Å². The largest absolute Gasteiger partial charge is 0.481 e. The third-order valence-corrected chi connectivity index (χ3v) is 5.83. The summed E-state index contributed by atoms with van der Waals surface area (Å²) in [6.07, 6.45) is -0.620. The highest BCUT2D eigenvalue weighted by molar-refractivity contribution is 7.93. The molecule has 12 heteroatoms. The van der Waals surface area contributed by atoms with Gasteiger partial charge in [-0.05, 0) is 24.3 Å². The Hall–Kier alpha value is -3.18. The van der Waals surface area contributed by atoms with Gasteiger partial charge in [0.25, 0.3) is 15.7 Å². The molecular formula is C16H13ClN2O8S. The van der Waals surface area contributed by atoms with Crippen LogP contribution in [0.15, 0.2) is 47.4 Å². The first-order chi connectivity index (χ1) is 13.1. The summed E-state index contributed by atoms with van der Waals surface area (Å²) in [5.74, 6) is -2.73. The number of rotatable bonds is 8. The van der Waals surface area contributed by atoms with Crippen LogP contribution in [-0.4, -0.2) is 42.0 Å². The fourth-order valence-electron chi connectivity index (χ4n) is 2.36. The summed E-state index contributed by atoms with van der Waals surface area (Å²) in [4.78, 5) is 31.9. The van der Waals surface area contributed by atoms with Crippen molar-refractivity contribution in [3.05, 3.63) is 63.2 Å². The van der Waals surface area contributed by atoms with Crippen molar-refractivity contribution in [2.24, 2.45) is 0 Å². The number of benzene rings is 2. The molecule has 2 N–H and O–H groups in total. The number of aromatic carboxylic acids is 1. The molecular weight excluding hydrogens is 416 g/mol. The lowest BCUT2D eigenvalue weighted by molar-refractivity contribution is -0.387. The number of anilines is 1. The maximum absolute atomic E-state index is 13.1. The second-order valence-electron chi connectivity index (χ2n) is 5.42. The minimum atomic E-state index is -4.59. The molecule has 0 saturated heterocycles. The Kier molecular flexibility index (Phi) is 6.21. The molecule has 28 heavy (non-hydrogen) atoms. The number of nitrogens with zero attached hydrogens (tertiary/aromatic N) is 2. The van der Waals surface area contributed by atoms with Gasteiger partial charge in [0, 0.05) is 12.6 Å². The molecule has 2 aromatic carbocycles. The zero-order valence-corrected chi connectivity index (χ0v) is 15.6. The van der Waals surface area contributed by atoms with E-state index in [2.05, 4.69) is 0 Å². The Morgan fingerprint density at radius 2 is 1.79 bits per heavy atom. The lowest BCUT2D eigenvalue weighted by Crippen LogP contribution is -2.33. The molecule has 0 spiro atoms. The maximum atomic E-state index is 13.1. The van der Waals surface area contributed by atoms with Gasteiger partial charge in [0.2, 0.25) is 0 Å². The fraction of sp³-hybridized carbons (Fsp3) is 0.125. The van der Waals surface area contributed by atoms with Gasteiger partial charge in [0.1, 0.15) is 0 Å². The standard InChI is InChI=1S/C16H13ClN2O8S/c17-12-6-5-10(9-11(12)16(22)23)18(8-7-15(20)21)28(26,27)14-4-2-1-3-13(14)19(24)25/h1-6,9H,7-8H2,(H,20,21)(H,22,23). The average Bonchev–Trinajstić information content (AvgIpc) is 2.62. The number of halogens is 1. The number of sulfonamides is 1. The molecule has 10 nitrogen and oxygen atoms in total. The molecule has 0 aliphatic carbocycles. The highest BCUT2D eigenvalue weighted by Gasteiger charge is 2.32. The summed E-state index contributed by atoms with van der Waals surface area (Å²) in [5, 5.41) is 29.2. The number of carboxylic acids is 2. The molecule has 0 bridgehead atoms. The molecule has 0 unspecified atom stereocenters. The Morgan fingerprint density at radius 3 is 2.36 bits per heavy atom. The molecule has 0 amide bonds. The van der Waals surface area contributed by atoms with Gasteiger partial charge in [0.15, 0.2) is 4.90 Å². The van der Waals surface area contributed by atoms with E-state index in [1.807, 2.05) is 0 Å². The van der Waals surface area contributed by atoms with Crippen LogP contribution in [0.25, 0.3) is 0 Å². The number of hydrogen-bond acceptors (Lipinski definition) is 6. The van der Waals surface area contributed by atoms with Crippen molar-refractivity contribution >= 4 is 44.9 Å². The first-order valence-electron chi connectivity index (χ1n) is 7.56. The molecule has 0 heterocycles. The van der Waals surface area contributed by atoms with Gasteiger partial charge in [-0.1, -0.05) is 23.7 Å². The Labute approximate surface area is 163 Å². The van der Waals surface area contributed by atoms with Gasteiger partial charge in [-0.2, -0.15) is 0 Å². The number of nitro benzene ring substituents is 1. The van der Waals surface area contributed by atoms with Crippen molar-refractivity contribution in [3.63, 3.8) is 0 Å². The highest BCUT2D eigenvalue weighted by atomic mass is 35.5. The van der Waals surface area contributed by atoms with Crippen LogP contribution in [0.1, 0.15) is 16.8 Å². The minimum Gasteiger partial charge on any atom is -0.481 e. The van der Waals surface area contributed by atoms with Crippen LogP contribution in [0, 0.1) is 10.1 Å². The second-order valence-corrected chi connectivity index (χ2v) is 7.65. The van der Waals surface area contributed by atoms with Gasteiger partial charge in [-0.15, -0.1) is 0 Å². The van der Waals surface area contributed by atoms with Gasteiger partial charge in [-0.25, -0.2) is 13.2 Å². The summed E-state index contributed by atoms with van der Waals surface area (Å²) in [5.41, 5.74) is -1.30. The Bertz CT molecular complexity index is 1050. The Morgan fingerprint density at radius 1 is 1.14 bits per heavy atom. The second kappa shape index (κ2) is 8.23. The number of carboxylic acid groups (broad SMARTS) is 2. The van der Waals surface area contributed by atoms with Gasteiger partial charge in [-0.3, -0.25) is 19.2 Å². The number of carbonyl (C=O) groups is 2. The van der Waals surface area contributed by atoms with Crippen molar-refractivity contribution in [3.8, 4) is 0 Å². The van der Waals surface area contributed by atoms with Crippen molar-refractivity contribution in [1.82, 2.24) is 0 Å². The summed E-state index contributed by atoms with van der Waals surface area (Å²) >= 11 is 5.79. The third kappa shape index (κ3) is 4.38. The average molecular weight is 429 g/mol. The monoisotopic (exact) mass is 428 g/mol. The van der Waals surface area contributed by atoms with E-state index in [0.717, 1.165) is 24.3 Å². The van der Waals surface area contributed by atoms with Crippen LogP contribution in [0.3, 0.4) is 0 Å². The van der Waals surface area contributed by atoms with Crippen molar-refractivity contribution in [2.75, 3.05) is 10.8 Å². The lowest BCUT2D eigenvalue weighted by atomic mass is 10.2. The molecule has 0 aliphatic rings. The van der Waals surface area contributed by atoms with Crippen LogP contribution >= 0.6 is 11.6 Å². The topological polar surface area (TPSA) is 155 Å². The van der Waals surface area contributed by atoms with Crippen LogP contribution in [-0.2, 0) is 14.8 Å². The van der Waals surface area contributed by atoms with Crippen molar-refractivity contribution < 1.29 is 33.1 Å². The molecule has 2 aromatic rings. The summed E-state index contributed by atoms with van der Waals surface area (Å²) < 4.78 is 26.8. The molecule has 0 aromatic heterocycles. The van der Waals surface area contributed by atoms with Crippen molar-refractivity contribution in [1.29, 1.82) is 0 Å². The molecule has 0 atom stereocenters. The van der Waals surface area contributed by atoms with Gasteiger partial charge < -0.3 is 10.2 Å². The number of aliphatic carboxylic acids is 1. The van der Waals surface area contributed by atoms with Crippen LogP contribution in [0.5, 0.6) is 0 Å². The lowest BCUT2D eigenvalue weighted by Gasteiger charge is -2.24. The van der Waals surface area contributed by atoms with Gasteiger partial charge >= 0.3 is 11.9 Å². The highest BCUT2D eigenvalue weighted by Crippen LogP contribution is 2.32. The number of nitro groups is 1. The Balaban J connectivity index is 2.67. The van der Waals surface area contributed by atoms with Crippen LogP contribution < -0.4 is 4.31 Å². The van der Waals surface area contributed by atoms with Gasteiger partial charge in [0.05, 0.1) is 27.6 Å². The molecule has 0 aliphatic heterocycles. The van der Waals surface area contributed by atoms with Crippen LogP contribution in [0.2, 0.25) is 5.02 Å². The normalized spacial score (nSPS) is 11.0. The third-order valence-electron chi connectivity index (χ3n) is 3.63. The van der Waals surface area contributed by atoms with E-state index in [9.17, 15) is 33.2 Å². The predicted molar refractivity (Wildman–Crippen MR) is 98.3 cm³/mol. The van der Waals surface area contributed by atoms with E-state index in [1.165, 1.54) is 18.2 Å². The van der Waals surface area contributed by atoms with Crippen LogP contribution in [0.4, 0.5) is 11.4 Å². The summed E-state index contributed by atoms with van der Waals surface area (Å²) in [7, 11) is -4.59. The van der Waals surface area contributed by atoms with E-state index in [4.69, 9.17) is 16.7 Å². The first-order valence-corrected chi connectivity index (χ1v) is 9.38. The zero-order chi connectivity index (χ0) is 21.1. The maximum Gasteiger partial charge on any atom is 0.337 e. The molecule has 0 saturated carbocycles.